The van der Waals surface area contributed by atoms with E-state index in [2.05, 4.69) is 26.9 Å². The molecule has 1 aliphatic heterocycles. The lowest BCUT2D eigenvalue weighted by Crippen LogP contribution is -2.40. The van der Waals surface area contributed by atoms with E-state index < -0.39 is 0 Å². The second-order valence-corrected chi connectivity index (χ2v) is 6.80. The molecule has 1 fully saturated rings. The molecule has 0 amide bonds. The Morgan fingerprint density at radius 3 is 2.67 bits per heavy atom. The number of thiazole rings is 1. The predicted molar refractivity (Wildman–Crippen MR) is 84.7 cm³/mol. The minimum atomic E-state index is 0. The van der Waals surface area contributed by atoms with Crippen molar-refractivity contribution >= 4 is 28.9 Å². The number of nitrogen functional groups attached to an aromatic ring is 1. The van der Waals surface area contributed by atoms with Crippen molar-refractivity contribution in [3.05, 3.63) is 22.8 Å². The minimum Gasteiger partial charge on any atom is -0.375 e. The van der Waals surface area contributed by atoms with Crippen molar-refractivity contribution in [2.75, 3.05) is 18.8 Å². The molecule has 6 nitrogen and oxygen atoms in total. The van der Waals surface area contributed by atoms with Crippen molar-refractivity contribution in [1.29, 1.82) is 0 Å². The van der Waals surface area contributed by atoms with Gasteiger partial charge in [0.25, 0.3) is 0 Å². The van der Waals surface area contributed by atoms with Crippen molar-refractivity contribution in [3.63, 3.8) is 0 Å². The van der Waals surface area contributed by atoms with Gasteiger partial charge in [-0.3, -0.25) is 4.90 Å². The van der Waals surface area contributed by atoms with Crippen molar-refractivity contribution in [2.45, 2.75) is 38.6 Å². The maximum Gasteiger partial charge on any atom is 0.232 e. The molecule has 116 valence electrons. The summed E-state index contributed by atoms with van der Waals surface area (Å²) in [5, 5.41) is 4.55. The Kier molecular flexibility index (Phi) is 4.85. The molecule has 0 unspecified atom stereocenters. The lowest BCUT2D eigenvalue weighted by molar-refractivity contribution is 0.138. The van der Waals surface area contributed by atoms with E-state index >= 15 is 0 Å². The number of hydrogen-bond acceptors (Lipinski definition) is 7. The number of aryl methyl sites for hydroxylation is 1. The van der Waals surface area contributed by atoms with Crippen LogP contribution in [-0.2, 0) is 12.0 Å². The van der Waals surface area contributed by atoms with Crippen LogP contribution in [0.25, 0.3) is 0 Å². The quantitative estimate of drug-likeness (QED) is 0.931. The summed E-state index contributed by atoms with van der Waals surface area (Å²) in [6.45, 7) is 7.04. The molecule has 3 rings (SSSR count). The number of anilines is 1. The Bertz CT molecular complexity index is 591. The molecule has 8 heteroatoms. The van der Waals surface area contributed by atoms with E-state index in [0.29, 0.717) is 11.0 Å². The maximum atomic E-state index is 5.67. The van der Waals surface area contributed by atoms with Crippen molar-refractivity contribution < 1.29 is 4.52 Å². The highest BCUT2D eigenvalue weighted by atomic mass is 35.5. The Hall–Kier alpha value is -1.18. The molecule has 0 radical (unpaired) electrons. The van der Waals surface area contributed by atoms with Gasteiger partial charge in [0.15, 0.2) is 11.0 Å². The zero-order valence-electron chi connectivity index (χ0n) is 12.2. The SMILES string of the molecule is Cc1noc(C2(C)CCN(Cc3cnc(N)s3)CC2)n1.Cl. The van der Waals surface area contributed by atoms with Gasteiger partial charge in [-0.2, -0.15) is 4.98 Å². The summed E-state index contributed by atoms with van der Waals surface area (Å²) in [6.07, 6.45) is 3.93. The van der Waals surface area contributed by atoms with Crippen LogP contribution in [0.2, 0.25) is 0 Å². The van der Waals surface area contributed by atoms with E-state index in [9.17, 15) is 0 Å². The predicted octanol–water partition coefficient (Wildman–Crippen LogP) is 2.39. The number of halogens is 1. The number of rotatable bonds is 3. The third-order valence-electron chi connectivity index (χ3n) is 3.95. The molecule has 1 aliphatic rings. The molecule has 21 heavy (non-hydrogen) atoms. The van der Waals surface area contributed by atoms with E-state index in [0.717, 1.165) is 38.4 Å². The van der Waals surface area contributed by atoms with Crippen LogP contribution >= 0.6 is 23.7 Å². The van der Waals surface area contributed by atoms with Gasteiger partial charge in [0.1, 0.15) is 0 Å². The maximum absolute atomic E-state index is 5.67. The monoisotopic (exact) mass is 329 g/mol. The summed E-state index contributed by atoms with van der Waals surface area (Å²) in [5.74, 6) is 1.49. The smallest absolute Gasteiger partial charge is 0.232 e. The van der Waals surface area contributed by atoms with Crippen LogP contribution in [-0.4, -0.2) is 33.1 Å². The number of aromatic nitrogens is 3. The van der Waals surface area contributed by atoms with Gasteiger partial charge in [-0.25, -0.2) is 4.98 Å². The highest BCUT2D eigenvalue weighted by molar-refractivity contribution is 7.15. The summed E-state index contributed by atoms with van der Waals surface area (Å²) >= 11 is 1.57. The second kappa shape index (κ2) is 6.29. The Labute approximate surface area is 134 Å². The molecule has 0 aromatic carbocycles. The number of likely N-dealkylation sites (tertiary alicyclic amines) is 1. The first kappa shape index (κ1) is 16.2. The standard InChI is InChI=1S/C13H19N5OS.ClH/c1-9-16-11(19-17-9)13(2)3-5-18(6-4-13)8-10-7-15-12(14)20-10;/h7H,3-6,8H2,1-2H3,(H2,14,15);1H. The lowest BCUT2D eigenvalue weighted by atomic mass is 9.80. The zero-order valence-corrected chi connectivity index (χ0v) is 13.8. The van der Waals surface area contributed by atoms with Crippen molar-refractivity contribution in [1.82, 2.24) is 20.0 Å². The number of nitrogens with two attached hydrogens (primary N) is 1. The number of hydrogen-bond donors (Lipinski definition) is 1. The van der Waals surface area contributed by atoms with Gasteiger partial charge >= 0.3 is 0 Å². The van der Waals surface area contributed by atoms with Crippen LogP contribution in [0.15, 0.2) is 10.7 Å². The first-order chi connectivity index (χ1) is 9.55. The molecule has 0 bridgehead atoms. The van der Waals surface area contributed by atoms with Gasteiger partial charge in [-0.05, 0) is 32.9 Å². The molecule has 0 saturated carbocycles. The van der Waals surface area contributed by atoms with Gasteiger partial charge in [-0.1, -0.05) is 12.1 Å². The summed E-state index contributed by atoms with van der Waals surface area (Å²) in [4.78, 5) is 12.1. The van der Waals surface area contributed by atoms with E-state index in [1.54, 1.807) is 11.3 Å². The molecule has 2 aromatic heterocycles. The van der Waals surface area contributed by atoms with Gasteiger partial charge in [-0.15, -0.1) is 23.7 Å². The van der Waals surface area contributed by atoms with E-state index in [-0.39, 0.29) is 17.8 Å². The first-order valence-electron chi connectivity index (χ1n) is 6.78. The summed E-state index contributed by atoms with van der Waals surface area (Å²) in [6, 6.07) is 0. The molecule has 0 aliphatic carbocycles. The zero-order chi connectivity index (χ0) is 14.2. The van der Waals surface area contributed by atoms with Crippen molar-refractivity contribution in [3.8, 4) is 0 Å². The average molecular weight is 330 g/mol. The van der Waals surface area contributed by atoms with E-state index in [1.807, 2.05) is 13.1 Å². The molecule has 2 N–H and O–H groups in total. The van der Waals surface area contributed by atoms with E-state index in [4.69, 9.17) is 10.3 Å². The largest absolute Gasteiger partial charge is 0.375 e. The van der Waals surface area contributed by atoms with Crippen molar-refractivity contribution in [2.24, 2.45) is 0 Å². The van der Waals surface area contributed by atoms with Crippen LogP contribution < -0.4 is 5.73 Å². The normalized spacial score (nSPS) is 18.4. The minimum absolute atomic E-state index is 0. The summed E-state index contributed by atoms with van der Waals surface area (Å²) in [7, 11) is 0. The first-order valence-corrected chi connectivity index (χ1v) is 7.60. The molecule has 0 spiro atoms. The number of piperidine rings is 1. The Balaban J connectivity index is 0.00000161. The van der Waals surface area contributed by atoms with Crippen LogP contribution in [0.3, 0.4) is 0 Å². The third kappa shape index (κ3) is 3.53. The lowest BCUT2D eigenvalue weighted by Gasteiger charge is -2.36. The second-order valence-electron chi connectivity index (χ2n) is 5.65. The fraction of sp³-hybridized carbons (Fsp3) is 0.615. The number of nitrogens with zero attached hydrogens (tertiary/aromatic N) is 4. The fourth-order valence-electron chi connectivity index (χ4n) is 2.58. The molecule has 2 aromatic rings. The molecular formula is C13H20ClN5OS. The topological polar surface area (TPSA) is 81.1 Å². The summed E-state index contributed by atoms with van der Waals surface area (Å²) < 4.78 is 5.36. The van der Waals surface area contributed by atoms with Crippen LogP contribution in [0, 0.1) is 6.92 Å². The third-order valence-corrected chi connectivity index (χ3v) is 4.77. The highest BCUT2D eigenvalue weighted by Crippen LogP contribution is 2.34. The molecule has 0 atom stereocenters. The molecule has 1 saturated heterocycles. The highest BCUT2D eigenvalue weighted by Gasteiger charge is 2.36. The van der Waals surface area contributed by atoms with Gasteiger partial charge in [0.05, 0.1) is 0 Å². The van der Waals surface area contributed by atoms with Gasteiger partial charge < -0.3 is 10.3 Å². The molecule has 3 heterocycles. The Morgan fingerprint density at radius 1 is 1.43 bits per heavy atom. The fourth-order valence-corrected chi connectivity index (χ4v) is 3.30. The molecular weight excluding hydrogens is 310 g/mol. The van der Waals surface area contributed by atoms with Gasteiger partial charge in [0.2, 0.25) is 5.89 Å². The van der Waals surface area contributed by atoms with E-state index in [1.165, 1.54) is 4.88 Å². The average Bonchev–Trinajstić information content (AvgIpc) is 3.02. The van der Waals surface area contributed by atoms with Crippen LogP contribution in [0.4, 0.5) is 5.13 Å². The van der Waals surface area contributed by atoms with Crippen LogP contribution in [0.1, 0.15) is 36.4 Å². The van der Waals surface area contributed by atoms with Crippen LogP contribution in [0.5, 0.6) is 0 Å². The Morgan fingerprint density at radius 2 is 2.14 bits per heavy atom. The summed E-state index contributed by atoms with van der Waals surface area (Å²) in [5.41, 5.74) is 5.67. The van der Waals surface area contributed by atoms with Gasteiger partial charge in [0, 0.05) is 23.0 Å².